The zero-order chi connectivity index (χ0) is 28.7. The van der Waals surface area contributed by atoms with Crippen LogP contribution in [0.3, 0.4) is 0 Å². The van der Waals surface area contributed by atoms with E-state index in [1.54, 1.807) is 35.4 Å². The van der Waals surface area contributed by atoms with E-state index in [1.807, 2.05) is 30.3 Å². The van der Waals surface area contributed by atoms with Crippen LogP contribution >= 0.6 is 11.6 Å². The average Bonchev–Trinajstić information content (AvgIpc) is 2.96. The normalized spacial score (nSPS) is 17.1. The maximum atomic E-state index is 13.7. The first kappa shape index (κ1) is 26.8. The number of anilines is 1. The minimum Gasteiger partial charge on any atom is -0.488 e. The van der Waals surface area contributed by atoms with Gasteiger partial charge in [-0.3, -0.25) is 19.0 Å². The predicted octanol–water partition coefficient (Wildman–Crippen LogP) is 4.39. The SMILES string of the molecule is CC1(C)CN(C(=O)Cn2c(=O)c(C(=O)NCc3ccc(Cl)cc3)cc3c4c(cnc32)N[C@H](c2ccccc2)CO4)C1. The van der Waals surface area contributed by atoms with Gasteiger partial charge >= 0.3 is 0 Å². The Kier molecular flexibility index (Phi) is 6.91. The van der Waals surface area contributed by atoms with Crippen molar-refractivity contribution in [3.05, 3.63) is 98.9 Å². The molecule has 210 valence electrons. The molecule has 2 aromatic carbocycles. The summed E-state index contributed by atoms with van der Waals surface area (Å²) in [5, 5.41) is 7.35. The van der Waals surface area contributed by atoms with Crippen molar-refractivity contribution in [1.29, 1.82) is 0 Å². The molecule has 1 saturated heterocycles. The van der Waals surface area contributed by atoms with E-state index in [9.17, 15) is 14.4 Å². The van der Waals surface area contributed by atoms with Crippen molar-refractivity contribution >= 4 is 40.1 Å². The smallest absolute Gasteiger partial charge is 0.265 e. The second-order valence-electron chi connectivity index (χ2n) is 11.3. The number of likely N-dealkylation sites (tertiary alicyclic amines) is 1. The number of hydrogen-bond donors (Lipinski definition) is 2. The molecule has 2 aliphatic rings. The van der Waals surface area contributed by atoms with Gasteiger partial charge in [0.05, 0.1) is 23.3 Å². The number of nitrogens with zero attached hydrogens (tertiary/aromatic N) is 3. The number of carbonyl (C=O) groups excluding carboxylic acids is 2. The summed E-state index contributed by atoms with van der Waals surface area (Å²) in [6.07, 6.45) is 1.61. The lowest BCUT2D eigenvalue weighted by Gasteiger charge is -2.45. The predicted molar refractivity (Wildman–Crippen MR) is 157 cm³/mol. The molecule has 2 aliphatic heterocycles. The van der Waals surface area contributed by atoms with Gasteiger partial charge in [-0.1, -0.05) is 67.9 Å². The van der Waals surface area contributed by atoms with Crippen LogP contribution in [0.4, 0.5) is 5.69 Å². The van der Waals surface area contributed by atoms with Gasteiger partial charge in [-0.15, -0.1) is 0 Å². The number of carbonyl (C=O) groups is 2. The zero-order valence-electron chi connectivity index (χ0n) is 22.8. The Morgan fingerprint density at radius 2 is 1.85 bits per heavy atom. The van der Waals surface area contributed by atoms with Gasteiger partial charge in [0, 0.05) is 24.7 Å². The van der Waals surface area contributed by atoms with Crippen molar-refractivity contribution in [3.63, 3.8) is 0 Å². The standard InChI is InChI=1S/C31H30ClN5O4/c1-31(2)17-36(18-31)26(38)15-37-28-22(12-23(30(37)40)29(39)34-13-19-8-10-21(32)11-9-19)27-24(14-33-28)35-25(16-41-27)20-6-4-3-5-7-20/h3-12,14,25,35H,13,15-18H2,1-2H3,(H,34,39)/t25-/m0/s1. The summed E-state index contributed by atoms with van der Waals surface area (Å²) in [7, 11) is 0. The van der Waals surface area contributed by atoms with Crippen LogP contribution in [0.1, 0.15) is 41.4 Å². The molecule has 1 atom stereocenters. The van der Waals surface area contributed by atoms with Crippen LogP contribution in [-0.2, 0) is 17.9 Å². The fraction of sp³-hybridized carbons (Fsp3) is 0.290. The number of aromatic nitrogens is 2. The van der Waals surface area contributed by atoms with Crippen LogP contribution in [0.5, 0.6) is 5.75 Å². The fourth-order valence-electron chi connectivity index (χ4n) is 5.40. The van der Waals surface area contributed by atoms with E-state index >= 15 is 0 Å². The van der Waals surface area contributed by atoms with Crippen molar-refractivity contribution in [2.75, 3.05) is 25.0 Å². The quantitative estimate of drug-likeness (QED) is 0.355. The molecule has 0 aliphatic carbocycles. The minimum atomic E-state index is -0.586. The van der Waals surface area contributed by atoms with E-state index in [0.29, 0.717) is 41.5 Å². The van der Waals surface area contributed by atoms with Gasteiger partial charge in [0.1, 0.15) is 24.4 Å². The minimum absolute atomic E-state index is 0.0399. The number of nitrogens with one attached hydrogen (secondary N) is 2. The molecule has 4 aromatic rings. The van der Waals surface area contributed by atoms with Gasteiger partial charge in [0.15, 0.2) is 5.75 Å². The lowest BCUT2D eigenvalue weighted by atomic mass is 9.84. The Hall–Kier alpha value is -4.37. The van der Waals surface area contributed by atoms with Gasteiger partial charge < -0.3 is 20.3 Å². The largest absolute Gasteiger partial charge is 0.488 e. The zero-order valence-corrected chi connectivity index (χ0v) is 23.6. The van der Waals surface area contributed by atoms with Gasteiger partial charge in [-0.05, 0) is 34.7 Å². The summed E-state index contributed by atoms with van der Waals surface area (Å²) in [5.41, 5.74) is 2.19. The van der Waals surface area contributed by atoms with Crippen molar-refractivity contribution in [1.82, 2.24) is 19.8 Å². The number of halogens is 1. The molecule has 0 saturated carbocycles. The van der Waals surface area contributed by atoms with E-state index < -0.39 is 11.5 Å². The van der Waals surface area contributed by atoms with E-state index in [2.05, 4.69) is 29.5 Å². The number of pyridine rings is 2. The van der Waals surface area contributed by atoms with Crippen LogP contribution in [0.25, 0.3) is 11.0 Å². The van der Waals surface area contributed by atoms with Crippen LogP contribution in [0.2, 0.25) is 5.02 Å². The third-order valence-corrected chi connectivity index (χ3v) is 7.74. The Morgan fingerprint density at radius 1 is 1.12 bits per heavy atom. The Morgan fingerprint density at radius 3 is 2.56 bits per heavy atom. The van der Waals surface area contributed by atoms with Crippen LogP contribution in [0, 0.1) is 5.41 Å². The Bertz CT molecular complexity index is 1690. The summed E-state index contributed by atoms with van der Waals surface area (Å²) in [6, 6.07) is 18.4. The van der Waals surface area contributed by atoms with Crippen molar-refractivity contribution < 1.29 is 14.3 Å². The third-order valence-electron chi connectivity index (χ3n) is 7.49. The van der Waals surface area contributed by atoms with Gasteiger partial charge in [-0.25, -0.2) is 4.98 Å². The van der Waals surface area contributed by atoms with Crippen molar-refractivity contribution in [2.24, 2.45) is 5.41 Å². The lowest BCUT2D eigenvalue weighted by molar-refractivity contribution is -0.142. The first-order valence-corrected chi connectivity index (χ1v) is 13.9. The molecule has 0 bridgehead atoms. The van der Waals surface area contributed by atoms with E-state index in [1.165, 1.54) is 10.6 Å². The highest BCUT2D eigenvalue weighted by Crippen LogP contribution is 2.38. The average molecular weight is 572 g/mol. The molecule has 0 radical (unpaired) electrons. The molecule has 0 spiro atoms. The number of rotatable bonds is 6. The summed E-state index contributed by atoms with van der Waals surface area (Å²) < 4.78 is 7.51. The first-order chi connectivity index (χ1) is 19.7. The monoisotopic (exact) mass is 571 g/mol. The van der Waals surface area contributed by atoms with Gasteiger partial charge in [0.25, 0.3) is 11.5 Å². The molecule has 1 fully saturated rings. The fourth-order valence-corrected chi connectivity index (χ4v) is 5.53. The number of amides is 2. The third kappa shape index (κ3) is 5.37. The number of ether oxygens (including phenoxy) is 1. The second kappa shape index (κ2) is 10.6. The van der Waals surface area contributed by atoms with Crippen molar-refractivity contribution in [3.8, 4) is 5.75 Å². The maximum absolute atomic E-state index is 13.7. The molecule has 6 rings (SSSR count). The number of fused-ring (bicyclic) bond motifs is 3. The van der Waals surface area contributed by atoms with Gasteiger partial charge in [0.2, 0.25) is 5.91 Å². The maximum Gasteiger partial charge on any atom is 0.265 e. The van der Waals surface area contributed by atoms with E-state index in [-0.39, 0.29) is 41.7 Å². The highest BCUT2D eigenvalue weighted by Gasteiger charge is 2.37. The summed E-state index contributed by atoms with van der Waals surface area (Å²) in [4.78, 5) is 46.5. The van der Waals surface area contributed by atoms with E-state index in [4.69, 9.17) is 16.3 Å². The van der Waals surface area contributed by atoms with Crippen LogP contribution in [-0.4, -0.2) is 46.0 Å². The van der Waals surface area contributed by atoms with Crippen molar-refractivity contribution in [2.45, 2.75) is 33.0 Å². The van der Waals surface area contributed by atoms with E-state index in [0.717, 1.165) is 11.1 Å². The summed E-state index contributed by atoms with van der Waals surface area (Å²) in [6.45, 7) is 5.71. The summed E-state index contributed by atoms with van der Waals surface area (Å²) >= 11 is 5.97. The molecule has 4 heterocycles. The Balaban J connectivity index is 1.37. The molecule has 2 amide bonds. The van der Waals surface area contributed by atoms with Gasteiger partial charge in [-0.2, -0.15) is 0 Å². The molecule has 2 N–H and O–H groups in total. The molecule has 0 unspecified atom stereocenters. The van der Waals surface area contributed by atoms with Crippen LogP contribution < -0.4 is 20.9 Å². The second-order valence-corrected chi connectivity index (χ2v) is 11.8. The number of benzene rings is 2. The molecule has 10 heteroatoms. The molecular weight excluding hydrogens is 542 g/mol. The molecule has 9 nitrogen and oxygen atoms in total. The molecule has 41 heavy (non-hydrogen) atoms. The molecule has 2 aromatic heterocycles. The van der Waals surface area contributed by atoms with Crippen LogP contribution in [0.15, 0.2) is 71.7 Å². The number of hydrogen-bond acceptors (Lipinski definition) is 6. The highest BCUT2D eigenvalue weighted by atomic mass is 35.5. The Labute approximate surface area is 242 Å². The lowest BCUT2D eigenvalue weighted by Crippen LogP contribution is -2.56. The molecular formula is C31H30ClN5O4. The highest BCUT2D eigenvalue weighted by molar-refractivity contribution is 6.30. The topological polar surface area (TPSA) is 106 Å². The first-order valence-electron chi connectivity index (χ1n) is 13.5. The summed E-state index contributed by atoms with van der Waals surface area (Å²) in [5.74, 6) is -0.268.